The Kier molecular flexibility index (Phi) is 4.68. The molecule has 1 saturated heterocycles. The van der Waals surface area contributed by atoms with Gasteiger partial charge in [-0.15, -0.1) is 0 Å². The van der Waals surface area contributed by atoms with Crippen molar-refractivity contribution >= 4 is 17.6 Å². The summed E-state index contributed by atoms with van der Waals surface area (Å²) in [5, 5.41) is 4.33. The number of nitrogen functional groups attached to an aromatic ring is 1. The normalized spacial score (nSPS) is 21.6. The van der Waals surface area contributed by atoms with Gasteiger partial charge in [-0.3, -0.25) is 0 Å². The highest BCUT2D eigenvalue weighted by Crippen LogP contribution is 2.30. The van der Waals surface area contributed by atoms with E-state index in [-0.39, 0.29) is 0 Å². The fourth-order valence-corrected chi connectivity index (χ4v) is 3.77. The molecule has 3 N–H and O–H groups in total. The summed E-state index contributed by atoms with van der Waals surface area (Å²) in [5.74, 6) is 1.98. The molecule has 2 rings (SSSR count). The van der Waals surface area contributed by atoms with Crippen LogP contribution in [0.4, 0.5) is 5.82 Å². The van der Waals surface area contributed by atoms with E-state index in [1.54, 1.807) is 6.20 Å². The maximum absolute atomic E-state index is 5.92. The van der Waals surface area contributed by atoms with Crippen LogP contribution < -0.4 is 11.1 Å². The van der Waals surface area contributed by atoms with Crippen molar-refractivity contribution in [3.8, 4) is 0 Å². The van der Waals surface area contributed by atoms with Crippen molar-refractivity contribution in [2.24, 2.45) is 0 Å². The third-order valence-electron chi connectivity index (χ3n) is 3.25. The van der Waals surface area contributed by atoms with Crippen LogP contribution in [0, 0.1) is 0 Å². The zero-order chi connectivity index (χ0) is 12.1. The number of nitrogens with zero attached hydrogens (tertiary/aromatic N) is 1. The second-order valence-corrected chi connectivity index (χ2v) is 5.81. The van der Waals surface area contributed by atoms with E-state index in [4.69, 9.17) is 5.73 Å². The quantitative estimate of drug-likeness (QED) is 0.841. The number of pyridine rings is 1. The molecular formula is C13H21N3S. The largest absolute Gasteiger partial charge is 0.383 e. The van der Waals surface area contributed by atoms with Crippen molar-refractivity contribution in [3.05, 3.63) is 23.9 Å². The van der Waals surface area contributed by atoms with E-state index in [1.165, 1.54) is 24.2 Å². The first kappa shape index (κ1) is 12.7. The molecule has 0 saturated carbocycles. The molecule has 1 aliphatic rings. The fraction of sp³-hybridized carbons (Fsp3) is 0.615. The second kappa shape index (κ2) is 6.26. The molecule has 1 fully saturated rings. The molecule has 1 aliphatic heterocycles. The van der Waals surface area contributed by atoms with Crippen molar-refractivity contribution in [2.75, 3.05) is 18.0 Å². The zero-order valence-corrected chi connectivity index (χ0v) is 11.2. The lowest BCUT2D eigenvalue weighted by molar-refractivity contribution is 0.495. The Morgan fingerprint density at radius 3 is 3.18 bits per heavy atom. The Labute approximate surface area is 108 Å². The van der Waals surface area contributed by atoms with Gasteiger partial charge in [-0.05, 0) is 43.2 Å². The van der Waals surface area contributed by atoms with Gasteiger partial charge in [0, 0.05) is 17.5 Å². The third kappa shape index (κ3) is 3.36. The van der Waals surface area contributed by atoms with Gasteiger partial charge in [0.15, 0.2) is 0 Å². The summed E-state index contributed by atoms with van der Waals surface area (Å²) < 4.78 is 0. The zero-order valence-electron chi connectivity index (χ0n) is 10.4. The summed E-state index contributed by atoms with van der Waals surface area (Å²) in [6.07, 6.45) is 5.42. The first-order chi connectivity index (χ1) is 8.31. The average molecular weight is 251 g/mol. The minimum Gasteiger partial charge on any atom is -0.383 e. The van der Waals surface area contributed by atoms with E-state index < -0.39 is 0 Å². The minimum absolute atomic E-state index is 0.527. The molecule has 94 valence electrons. The molecule has 0 radical (unpaired) electrons. The number of hydrogen-bond acceptors (Lipinski definition) is 4. The molecule has 0 bridgehead atoms. The molecule has 17 heavy (non-hydrogen) atoms. The molecule has 1 aromatic rings. The maximum atomic E-state index is 5.92. The van der Waals surface area contributed by atoms with Gasteiger partial charge < -0.3 is 11.1 Å². The maximum Gasteiger partial charge on any atom is 0.126 e. The number of thioether (sulfide) groups is 1. The molecule has 2 atom stereocenters. The summed E-state index contributed by atoms with van der Waals surface area (Å²) in [4.78, 5) is 4.16. The summed E-state index contributed by atoms with van der Waals surface area (Å²) in [6.45, 7) is 3.18. The molecule has 3 nitrogen and oxygen atoms in total. The number of likely N-dealkylation sites (N-methyl/N-ethyl adjacent to an activating group) is 1. The predicted octanol–water partition coefficient (Wildman–Crippen LogP) is 2.08. The molecule has 0 spiro atoms. The van der Waals surface area contributed by atoms with E-state index in [0.717, 1.165) is 18.2 Å². The minimum atomic E-state index is 0.527. The molecule has 2 unspecified atom stereocenters. The average Bonchev–Trinajstić information content (AvgIpc) is 2.85. The number of aromatic nitrogens is 1. The molecule has 0 amide bonds. The van der Waals surface area contributed by atoms with Gasteiger partial charge in [0.25, 0.3) is 0 Å². The van der Waals surface area contributed by atoms with Gasteiger partial charge in [-0.2, -0.15) is 11.8 Å². The molecular weight excluding hydrogens is 230 g/mol. The van der Waals surface area contributed by atoms with Gasteiger partial charge in [-0.1, -0.05) is 13.0 Å². The number of rotatable bonds is 5. The number of nitrogens with two attached hydrogens (primary N) is 1. The number of hydrogen-bond donors (Lipinski definition) is 2. The van der Waals surface area contributed by atoms with Crippen molar-refractivity contribution in [1.29, 1.82) is 0 Å². The van der Waals surface area contributed by atoms with Crippen molar-refractivity contribution < 1.29 is 0 Å². The smallest absolute Gasteiger partial charge is 0.126 e. The van der Waals surface area contributed by atoms with Gasteiger partial charge >= 0.3 is 0 Å². The number of nitrogens with one attached hydrogen (secondary N) is 1. The molecule has 2 heterocycles. The van der Waals surface area contributed by atoms with Crippen molar-refractivity contribution in [3.63, 3.8) is 0 Å². The lowest BCUT2D eigenvalue weighted by Crippen LogP contribution is -2.39. The van der Waals surface area contributed by atoms with Gasteiger partial charge in [-0.25, -0.2) is 4.98 Å². The Hall–Kier alpha value is -0.740. The Morgan fingerprint density at radius 2 is 2.53 bits per heavy atom. The van der Waals surface area contributed by atoms with Crippen molar-refractivity contribution in [1.82, 2.24) is 10.3 Å². The monoisotopic (exact) mass is 251 g/mol. The third-order valence-corrected chi connectivity index (χ3v) is 4.76. The highest BCUT2D eigenvalue weighted by atomic mass is 32.2. The first-order valence-electron chi connectivity index (χ1n) is 6.35. The van der Waals surface area contributed by atoms with Crippen LogP contribution in [-0.2, 0) is 6.42 Å². The van der Waals surface area contributed by atoms with Crippen LogP contribution in [0.2, 0.25) is 0 Å². The van der Waals surface area contributed by atoms with Gasteiger partial charge in [0.1, 0.15) is 5.82 Å². The Balaban J connectivity index is 2.04. The van der Waals surface area contributed by atoms with Crippen LogP contribution in [0.3, 0.4) is 0 Å². The van der Waals surface area contributed by atoms with E-state index in [9.17, 15) is 0 Å². The highest BCUT2D eigenvalue weighted by molar-refractivity contribution is 8.00. The van der Waals surface area contributed by atoms with E-state index >= 15 is 0 Å². The summed E-state index contributed by atoms with van der Waals surface area (Å²) in [7, 11) is 0. The topological polar surface area (TPSA) is 50.9 Å². The van der Waals surface area contributed by atoms with Crippen LogP contribution in [0.15, 0.2) is 18.3 Å². The summed E-state index contributed by atoms with van der Waals surface area (Å²) >= 11 is 2.09. The van der Waals surface area contributed by atoms with Gasteiger partial charge in [0.05, 0.1) is 0 Å². The Morgan fingerprint density at radius 1 is 1.65 bits per heavy atom. The SMILES string of the molecule is CCNC(Cc1cccnc1N)C1CCCS1. The van der Waals surface area contributed by atoms with E-state index in [2.05, 4.69) is 35.1 Å². The van der Waals surface area contributed by atoms with Crippen LogP contribution in [0.25, 0.3) is 0 Å². The van der Waals surface area contributed by atoms with Crippen LogP contribution in [0.5, 0.6) is 0 Å². The van der Waals surface area contributed by atoms with Crippen LogP contribution in [-0.4, -0.2) is 28.6 Å². The van der Waals surface area contributed by atoms with E-state index in [1.807, 2.05) is 6.07 Å². The predicted molar refractivity (Wildman–Crippen MR) is 75.3 cm³/mol. The molecule has 0 aliphatic carbocycles. The Bertz CT molecular complexity index is 350. The summed E-state index contributed by atoms with van der Waals surface area (Å²) in [5.41, 5.74) is 7.09. The van der Waals surface area contributed by atoms with Crippen molar-refractivity contribution in [2.45, 2.75) is 37.5 Å². The molecule has 4 heteroatoms. The highest BCUT2D eigenvalue weighted by Gasteiger charge is 2.25. The van der Waals surface area contributed by atoms with Crippen LogP contribution >= 0.6 is 11.8 Å². The van der Waals surface area contributed by atoms with E-state index in [0.29, 0.717) is 11.9 Å². The lowest BCUT2D eigenvalue weighted by Gasteiger charge is -2.24. The standard InChI is InChI=1S/C13H21N3S/c1-2-15-11(12-6-4-8-17-12)9-10-5-3-7-16-13(10)14/h3,5,7,11-12,15H,2,4,6,8-9H2,1H3,(H2,14,16). The van der Waals surface area contributed by atoms with Gasteiger partial charge in [0.2, 0.25) is 0 Å². The molecule has 1 aromatic heterocycles. The molecule has 0 aromatic carbocycles. The summed E-state index contributed by atoms with van der Waals surface area (Å²) in [6, 6.07) is 4.59. The number of anilines is 1. The second-order valence-electron chi connectivity index (χ2n) is 4.47. The lowest BCUT2D eigenvalue weighted by atomic mass is 10.0. The first-order valence-corrected chi connectivity index (χ1v) is 7.40. The fourth-order valence-electron chi connectivity index (χ4n) is 2.38. The van der Waals surface area contributed by atoms with Crippen LogP contribution in [0.1, 0.15) is 25.3 Å².